The van der Waals surface area contributed by atoms with Crippen LogP contribution in [0.2, 0.25) is 0 Å². The highest BCUT2D eigenvalue weighted by atomic mass is 32.2. The van der Waals surface area contributed by atoms with Gasteiger partial charge in [0.05, 0.1) is 16.8 Å². The van der Waals surface area contributed by atoms with Crippen molar-refractivity contribution in [2.45, 2.75) is 25.5 Å². The topological polar surface area (TPSA) is 93.3 Å². The molecule has 0 aliphatic rings. The maximum absolute atomic E-state index is 12.9. The van der Waals surface area contributed by atoms with E-state index in [1.807, 2.05) is 95.6 Å². The molecule has 0 spiro atoms. The maximum Gasteiger partial charge on any atom is 0.244 e. The molecule has 0 aliphatic heterocycles. The molecule has 0 unspecified atom stereocenters. The fourth-order valence-corrected chi connectivity index (χ4v) is 4.72. The molecule has 2 heterocycles. The Hall–Kier alpha value is -4.11. The van der Waals surface area contributed by atoms with Gasteiger partial charge in [-0.2, -0.15) is 0 Å². The van der Waals surface area contributed by atoms with Crippen LogP contribution < -0.4 is 10.6 Å². The summed E-state index contributed by atoms with van der Waals surface area (Å²) in [6, 6.07) is 23.1. The standard InChI is InChI=1S/C26H24N6O2S/c1-17-8-7-10-19(14-17)27-24(34)16-35-26-30-29-25-31(21-12-5-6-13-22(21)32(25)26)15-23(33)28-20-11-4-3-9-18(20)2/h3-14H,15-16H2,1-2H3,(H,27,34)(H,28,33). The monoisotopic (exact) mass is 484 g/mol. The molecule has 5 aromatic rings. The maximum atomic E-state index is 12.9. The van der Waals surface area contributed by atoms with E-state index in [9.17, 15) is 9.59 Å². The number of carbonyl (C=O) groups excluding carboxylic acids is 2. The number of thioether (sulfide) groups is 1. The highest BCUT2D eigenvalue weighted by Crippen LogP contribution is 2.26. The molecule has 176 valence electrons. The predicted molar refractivity (Wildman–Crippen MR) is 139 cm³/mol. The van der Waals surface area contributed by atoms with Crippen molar-refractivity contribution < 1.29 is 9.59 Å². The first-order chi connectivity index (χ1) is 17.0. The van der Waals surface area contributed by atoms with Gasteiger partial charge in [0.2, 0.25) is 17.6 Å². The van der Waals surface area contributed by atoms with Gasteiger partial charge in [-0.05, 0) is 55.3 Å². The van der Waals surface area contributed by atoms with E-state index in [0.29, 0.717) is 10.9 Å². The van der Waals surface area contributed by atoms with Crippen molar-refractivity contribution in [1.82, 2.24) is 19.2 Å². The third kappa shape index (κ3) is 4.76. The van der Waals surface area contributed by atoms with E-state index >= 15 is 0 Å². The fraction of sp³-hybridized carbons (Fsp3) is 0.154. The lowest BCUT2D eigenvalue weighted by atomic mass is 10.2. The van der Waals surface area contributed by atoms with Gasteiger partial charge in [-0.3, -0.25) is 18.6 Å². The van der Waals surface area contributed by atoms with Gasteiger partial charge in [-0.1, -0.05) is 54.2 Å². The second kappa shape index (κ2) is 9.63. The minimum Gasteiger partial charge on any atom is -0.325 e. The van der Waals surface area contributed by atoms with E-state index in [4.69, 9.17) is 0 Å². The molecule has 0 atom stereocenters. The number of aromatic nitrogens is 4. The summed E-state index contributed by atoms with van der Waals surface area (Å²) in [6.07, 6.45) is 0. The van der Waals surface area contributed by atoms with E-state index < -0.39 is 0 Å². The number of hydrogen-bond donors (Lipinski definition) is 2. The van der Waals surface area contributed by atoms with Gasteiger partial charge < -0.3 is 10.6 Å². The van der Waals surface area contributed by atoms with E-state index in [-0.39, 0.29) is 24.1 Å². The third-order valence-corrected chi connectivity index (χ3v) is 6.56. The summed E-state index contributed by atoms with van der Waals surface area (Å²) in [5, 5.41) is 15.1. The zero-order chi connectivity index (χ0) is 24.4. The number of carbonyl (C=O) groups is 2. The third-order valence-electron chi connectivity index (χ3n) is 5.63. The average Bonchev–Trinajstić information content (AvgIpc) is 3.39. The highest BCUT2D eigenvalue weighted by Gasteiger charge is 2.19. The molecule has 0 saturated heterocycles. The van der Waals surface area contributed by atoms with Gasteiger partial charge in [-0.15, -0.1) is 10.2 Å². The Morgan fingerprint density at radius 1 is 0.857 bits per heavy atom. The number of amides is 2. The summed E-state index contributed by atoms with van der Waals surface area (Å²) < 4.78 is 3.73. The zero-order valence-electron chi connectivity index (χ0n) is 19.4. The van der Waals surface area contributed by atoms with Gasteiger partial charge >= 0.3 is 0 Å². The first-order valence-corrected chi connectivity index (χ1v) is 12.2. The molecule has 0 radical (unpaired) electrons. The Kier molecular flexibility index (Phi) is 6.24. The molecule has 0 saturated carbocycles. The van der Waals surface area contributed by atoms with Crippen molar-refractivity contribution in [2.24, 2.45) is 0 Å². The summed E-state index contributed by atoms with van der Waals surface area (Å²) in [5.41, 5.74) is 5.35. The van der Waals surface area contributed by atoms with Crippen LogP contribution in [0.3, 0.4) is 0 Å². The fourth-order valence-electron chi connectivity index (χ4n) is 3.98. The number of nitrogens with one attached hydrogen (secondary N) is 2. The van der Waals surface area contributed by atoms with Crippen LogP contribution in [0.15, 0.2) is 78.0 Å². The Labute approximate surface area is 206 Å². The normalized spacial score (nSPS) is 11.1. The SMILES string of the molecule is Cc1cccc(NC(=O)CSc2nnc3n(CC(=O)Nc4ccccc4C)c4ccccc4n23)c1. The number of anilines is 2. The average molecular weight is 485 g/mol. The molecule has 35 heavy (non-hydrogen) atoms. The summed E-state index contributed by atoms with van der Waals surface area (Å²) in [7, 11) is 0. The van der Waals surface area contributed by atoms with Crippen molar-refractivity contribution in [1.29, 1.82) is 0 Å². The summed E-state index contributed by atoms with van der Waals surface area (Å²) in [5.74, 6) is 0.450. The van der Waals surface area contributed by atoms with Crippen molar-refractivity contribution in [2.75, 3.05) is 16.4 Å². The number of nitrogens with zero attached hydrogens (tertiary/aromatic N) is 4. The van der Waals surface area contributed by atoms with Crippen LogP contribution in [-0.2, 0) is 16.1 Å². The van der Waals surface area contributed by atoms with Gasteiger partial charge in [0, 0.05) is 11.4 Å². The minimum atomic E-state index is -0.155. The summed E-state index contributed by atoms with van der Waals surface area (Å²) in [4.78, 5) is 25.4. The molecule has 8 nitrogen and oxygen atoms in total. The lowest BCUT2D eigenvalue weighted by Gasteiger charge is -2.09. The molecule has 2 amide bonds. The molecule has 5 rings (SSSR count). The first kappa shape index (κ1) is 22.7. The molecule has 0 aliphatic carbocycles. The largest absolute Gasteiger partial charge is 0.325 e. The quantitative estimate of drug-likeness (QED) is 0.328. The van der Waals surface area contributed by atoms with Gasteiger partial charge in [0.25, 0.3) is 0 Å². The van der Waals surface area contributed by atoms with Crippen LogP contribution >= 0.6 is 11.8 Å². The predicted octanol–water partition coefficient (Wildman–Crippen LogP) is 4.67. The molecule has 9 heteroatoms. The Morgan fingerprint density at radius 3 is 2.43 bits per heavy atom. The van der Waals surface area contributed by atoms with E-state index in [1.165, 1.54) is 11.8 Å². The first-order valence-electron chi connectivity index (χ1n) is 11.2. The van der Waals surface area contributed by atoms with Crippen LogP contribution in [0.4, 0.5) is 11.4 Å². The Morgan fingerprint density at radius 2 is 1.63 bits per heavy atom. The lowest BCUT2D eigenvalue weighted by Crippen LogP contribution is -2.19. The number of aryl methyl sites for hydroxylation is 2. The molecule has 2 N–H and O–H groups in total. The van der Waals surface area contributed by atoms with Crippen LogP contribution in [0.25, 0.3) is 16.8 Å². The molecule has 0 fully saturated rings. The number of benzene rings is 3. The van der Waals surface area contributed by atoms with Crippen LogP contribution in [-0.4, -0.2) is 36.7 Å². The minimum absolute atomic E-state index is 0.0853. The highest BCUT2D eigenvalue weighted by molar-refractivity contribution is 7.99. The Bertz CT molecular complexity index is 1550. The van der Waals surface area contributed by atoms with Gasteiger partial charge in [0.15, 0.2) is 5.16 Å². The van der Waals surface area contributed by atoms with Crippen molar-refractivity contribution in [3.05, 3.63) is 83.9 Å². The van der Waals surface area contributed by atoms with Crippen molar-refractivity contribution in [3.8, 4) is 0 Å². The van der Waals surface area contributed by atoms with E-state index in [0.717, 1.165) is 33.5 Å². The van der Waals surface area contributed by atoms with Gasteiger partial charge in [0.1, 0.15) is 6.54 Å². The lowest BCUT2D eigenvalue weighted by molar-refractivity contribution is -0.116. The number of hydrogen-bond acceptors (Lipinski definition) is 5. The number of imidazole rings is 1. The molecule has 0 bridgehead atoms. The molecular formula is C26H24N6O2S. The van der Waals surface area contributed by atoms with Crippen LogP contribution in [0.1, 0.15) is 11.1 Å². The molecule has 2 aromatic heterocycles. The number of rotatable bonds is 7. The smallest absolute Gasteiger partial charge is 0.244 e. The van der Waals surface area contributed by atoms with Crippen LogP contribution in [0.5, 0.6) is 0 Å². The Balaban J connectivity index is 1.38. The van der Waals surface area contributed by atoms with E-state index in [1.54, 1.807) is 0 Å². The van der Waals surface area contributed by atoms with E-state index in [2.05, 4.69) is 20.8 Å². The van der Waals surface area contributed by atoms with Gasteiger partial charge in [-0.25, -0.2) is 0 Å². The van der Waals surface area contributed by atoms with Crippen LogP contribution in [0, 0.1) is 13.8 Å². The summed E-state index contributed by atoms with van der Waals surface area (Å²) in [6.45, 7) is 4.02. The van der Waals surface area contributed by atoms with Crippen molar-refractivity contribution >= 4 is 51.8 Å². The second-order valence-corrected chi connectivity index (χ2v) is 9.20. The molecule has 3 aromatic carbocycles. The zero-order valence-corrected chi connectivity index (χ0v) is 20.2. The number of para-hydroxylation sites is 3. The van der Waals surface area contributed by atoms with Crippen molar-refractivity contribution in [3.63, 3.8) is 0 Å². The number of fused-ring (bicyclic) bond motifs is 3. The second-order valence-electron chi connectivity index (χ2n) is 8.26. The molecular weight excluding hydrogens is 460 g/mol. The summed E-state index contributed by atoms with van der Waals surface area (Å²) >= 11 is 1.30.